The number of nitrogens with one attached hydrogen (secondary N) is 1. The summed E-state index contributed by atoms with van der Waals surface area (Å²) in [6, 6.07) is 4.00. The van der Waals surface area contributed by atoms with Gasteiger partial charge >= 0.3 is 0 Å². The van der Waals surface area contributed by atoms with Crippen LogP contribution >= 0.6 is 0 Å². The van der Waals surface area contributed by atoms with Gasteiger partial charge in [0, 0.05) is 29.6 Å². The molecule has 88 valence electrons. The molecule has 0 atom stereocenters. The molecular weight excluding hydrogens is 212 g/mol. The molecule has 2 heterocycles. The first-order valence-electron chi connectivity index (χ1n) is 5.71. The van der Waals surface area contributed by atoms with Gasteiger partial charge in [0.1, 0.15) is 12.1 Å². The Morgan fingerprint density at radius 2 is 2.00 bits per heavy atom. The van der Waals surface area contributed by atoms with Crippen LogP contribution in [0.25, 0.3) is 11.3 Å². The molecule has 0 unspecified atom stereocenters. The summed E-state index contributed by atoms with van der Waals surface area (Å²) in [4.78, 5) is 12.8. The van der Waals surface area contributed by atoms with E-state index in [4.69, 9.17) is 0 Å². The van der Waals surface area contributed by atoms with Crippen molar-refractivity contribution in [3.05, 3.63) is 35.9 Å². The lowest BCUT2D eigenvalue weighted by atomic mass is 10.1. The first kappa shape index (κ1) is 11.5. The maximum absolute atomic E-state index is 4.35. The summed E-state index contributed by atoms with van der Waals surface area (Å²) in [6.07, 6.45) is 3.40. The summed E-state index contributed by atoms with van der Waals surface area (Å²) in [7, 11) is 0. The Hall–Kier alpha value is -1.97. The highest BCUT2D eigenvalue weighted by Gasteiger charge is 2.08. The first-order valence-corrected chi connectivity index (χ1v) is 5.71. The summed E-state index contributed by atoms with van der Waals surface area (Å²) >= 11 is 0. The molecule has 4 heteroatoms. The topological polar surface area (TPSA) is 50.7 Å². The van der Waals surface area contributed by atoms with Crippen molar-refractivity contribution in [1.29, 1.82) is 0 Å². The average molecular weight is 228 g/mol. The Morgan fingerprint density at radius 1 is 1.18 bits per heavy atom. The van der Waals surface area contributed by atoms with Gasteiger partial charge in [-0.2, -0.15) is 0 Å². The van der Waals surface area contributed by atoms with Crippen LogP contribution in [0.1, 0.15) is 18.2 Å². The summed E-state index contributed by atoms with van der Waals surface area (Å²) in [6.45, 7) is 6.92. The van der Waals surface area contributed by atoms with E-state index in [0.29, 0.717) is 0 Å². The van der Waals surface area contributed by atoms with Gasteiger partial charge < -0.3 is 5.32 Å². The van der Waals surface area contributed by atoms with E-state index in [9.17, 15) is 0 Å². The van der Waals surface area contributed by atoms with Crippen LogP contribution in [0.3, 0.4) is 0 Å². The predicted octanol–water partition coefficient (Wildman–Crippen LogP) is 2.59. The fourth-order valence-electron chi connectivity index (χ4n) is 1.78. The SMILES string of the molecule is CCNc1ncnc(-c2ccnc(C)c2)c1C. The van der Waals surface area contributed by atoms with Crippen molar-refractivity contribution >= 4 is 5.82 Å². The molecule has 0 spiro atoms. The van der Waals surface area contributed by atoms with Crippen molar-refractivity contribution in [2.45, 2.75) is 20.8 Å². The largest absolute Gasteiger partial charge is 0.370 e. The van der Waals surface area contributed by atoms with Gasteiger partial charge in [-0.3, -0.25) is 4.98 Å². The molecule has 0 aliphatic rings. The van der Waals surface area contributed by atoms with Crippen LogP contribution in [-0.2, 0) is 0 Å². The van der Waals surface area contributed by atoms with Crippen molar-refractivity contribution in [3.63, 3.8) is 0 Å². The van der Waals surface area contributed by atoms with E-state index >= 15 is 0 Å². The molecule has 4 nitrogen and oxygen atoms in total. The van der Waals surface area contributed by atoms with Crippen LogP contribution in [0.4, 0.5) is 5.82 Å². The maximum atomic E-state index is 4.35. The van der Waals surface area contributed by atoms with Crippen molar-refractivity contribution in [2.75, 3.05) is 11.9 Å². The minimum Gasteiger partial charge on any atom is -0.370 e. The highest BCUT2D eigenvalue weighted by Crippen LogP contribution is 2.24. The normalized spacial score (nSPS) is 10.3. The minimum atomic E-state index is 0.854. The summed E-state index contributed by atoms with van der Waals surface area (Å²) in [5.41, 5.74) is 4.10. The second kappa shape index (κ2) is 4.91. The Balaban J connectivity index is 2.49. The number of aromatic nitrogens is 3. The third-order valence-electron chi connectivity index (χ3n) is 2.60. The number of rotatable bonds is 3. The molecule has 0 aliphatic heterocycles. The minimum absolute atomic E-state index is 0.854. The lowest BCUT2D eigenvalue weighted by Crippen LogP contribution is -2.03. The Morgan fingerprint density at radius 3 is 2.71 bits per heavy atom. The monoisotopic (exact) mass is 228 g/mol. The van der Waals surface area contributed by atoms with E-state index in [2.05, 4.69) is 27.2 Å². The molecule has 1 N–H and O–H groups in total. The number of hydrogen-bond acceptors (Lipinski definition) is 4. The molecule has 17 heavy (non-hydrogen) atoms. The molecular formula is C13H16N4. The quantitative estimate of drug-likeness (QED) is 0.877. The van der Waals surface area contributed by atoms with E-state index in [1.165, 1.54) is 0 Å². The summed E-state index contributed by atoms with van der Waals surface area (Å²) in [5, 5.41) is 3.23. The second-order valence-electron chi connectivity index (χ2n) is 3.91. The number of aryl methyl sites for hydroxylation is 1. The fourth-order valence-corrected chi connectivity index (χ4v) is 1.78. The van der Waals surface area contributed by atoms with Gasteiger partial charge in [0.2, 0.25) is 0 Å². The maximum Gasteiger partial charge on any atom is 0.132 e. The molecule has 0 bridgehead atoms. The van der Waals surface area contributed by atoms with Crippen LogP contribution in [0.15, 0.2) is 24.7 Å². The zero-order valence-electron chi connectivity index (χ0n) is 10.4. The van der Waals surface area contributed by atoms with E-state index in [1.807, 2.05) is 26.0 Å². The van der Waals surface area contributed by atoms with Crippen molar-refractivity contribution < 1.29 is 0 Å². The van der Waals surface area contributed by atoms with Gasteiger partial charge in [0.05, 0.1) is 5.69 Å². The predicted molar refractivity (Wildman–Crippen MR) is 68.9 cm³/mol. The Labute approximate surface area is 101 Å². The van der Waals surface area contributed by atoms with Crippen LogP contribution < -0.4 is 5.32 Å². The lowest BCUT2D eigenvalue weighted by molar-refractivity contribution is 1.08. The fraction of sp³-hybridized carbons (Fsp3) is 0.308. The third kappa shape index (κ3) is 2.41. The number of anilines is 1. The van der Waals surface area contributed by atoms with Crippen LogP contribution in [-0.4, -0.2) is 21.5 Å². The Kier molecular flexibility index (Phi) is 3.32. The first-order chi connectivity index (χ1) is 8.22. The summed E-state index contributed by atoms with van der Waals surface area (Å²) in [5.74, 6) is 0.895. The molecule has 2 aromatic heterocycles. The summed E-state index contributed by atoms with van der Waals surface area (Å²) < 4.78 is 0. The van der Waals surface area contributed by atoms with Gasteiger partial charge in [-0.1, -0.05) is 0 Å². The van der Waals surface area contributed by atoms with Crippen molar-refractivity contribution in [2.24, 2.45) is 0 Å². The van der Waals surface area contributed by atoms with Crippen molar-refractivity contribution in [3.8, 4) is 11.3 Å². The van der Waals surface area contributed by atoms with Gasteiger partial charge in [0.15, 0.2) is 0 Å². The zero-order valence-corrected chi connectivity index (χ0v) is 10.4. The van der Waals surface area contributed by atoms with E-state index in [-0.39, 0.29) is 0 Å². The molecule has 0 fully saturated rings. The molecule has 0 radical (unpaired) electrons. The second-order valence-corrected chi connectivity index (χ2v) is 3.91. The van der Waals surface area contributed by atoms with Gasteiger partial charge in [-0.15, -0.1) is 0 Å². The Bertz CT molecular complexity index is 523. The van der Waals surface area contributed by atoms with E-state index in [1.54, 1.807) is 12.5 Å². The van der Waals surface area contributed by atoms with E-state index < -0.39 is 0 Å². The smallest absolute Gasteiger partial charge is 0.132 e. The molecule has 0 aromatic carbocycles. The van der Waals surface area contributed by atoms with Gasteiger partial charge in [-0.25, -0.2) is 9.97 Å². The molecule has 0 amide bonds. The van der Waals surface area contributed by atoms with Crippen LogP contribution in [0, 0.1) is 13.8 Å². The number of hydrogen-bond donors (Lipinski definition) is 1. The standard InChI is InChI=1S/C13H16N4/c1-4-14-13-10(3)12(16-8-17-13)11-5-6-15-9(2)7-11/h5-8H,4H2,1-3H3,(H,14,16,17). The molecule has 2 aromatic rings. The highest BCUT2D eigenvalue weighted by molar-refractivity contribution is 5.67. The zero-order chi connectivity index (χ0) is 12.3. The average Bonchev–Trinajstić information content (AvgIpc) is 2.32. The molecule has 0 aliphatic carbocycles. The van der Waals surface area contributed by atoms with Crippen LogP contribution in [0.2, 0.25) is 0 Å². The van der Waals surface area contributed by atoms with Crippen LogP contribution in [0.5, 0.6) is 0 Å². The molecule has 0 saturated heterocycles. The van der Waals surface area contributed by atoms with Gasteiger partial charge in [0.25, 0.3) is 0 Å². The number of nitrogens with zero attached hydrogens (tertiary/aromatic N) is 3. The van der Waals surface area contributed by atoms with Gasteiger partial charge in [-0.05, 0) is 32.9 Å². The number of pyridine rings is 1. The highest BCUT2D eigenvalue weighted by atomic mass is 15.0. The molecule has 0 saturated carbocycles. The van der Waals surface area contributed by atoms with E-state index in [0.717, 1.165) is 34.9 Å². The van der Waals surface area contributed by atoms with Crippen molar-refractivity contribution in [1.82, 2.24) is 15.0 Å². The lowest BCUT2D eigenvalue weighted by Gasteiger charge is -2.10. The molecule has 2 rings (SSSR count). The third-order valence-corrected chi connectivity index (χ3v) is 2.60.